The van der Waals surface area contributed by atoms with Crippen LogP contribution in [0.1, 0.15) is 27.5 Å². The molecule has 0 aliphatic rings. The predicted octanol–water partition coefficient (Wildman–Crippen LogP) is 3.58. The molecule has 4 aromatic rings. The Morgan fingerprint density at radius 3 is 2.75 bits per heavy atom. The van der Waals surface area contributed by atoms with Gasteiger partial charge in [0.25, 0.3) is 5.56 Å². The van der Waals surface area contributed by atoms with Crippen molar-refractivity contribution < 1.29 is 9.18 Å². The molecule has 1 aromatic carbocycles. The summed E-state index contributed by atoms with van der Waals surface area (Å²) in [5, 5.41) is 9.10. The summed E-state index contributed by atoms with van der Waals surface area (Å²) >= 11 is 7.81. The number of aromatic amines is 1. The molecule has 0 saturated carbocycles. The van der Waals surface area contributed by atoms with E-state index in [1.807, 2.05) is 13.8 Å². The monoisotopic (exact) mass is 472 g/mol. The van der Waals surface area contributed by atoms with E-state index in [4.69, 9.17) is 11.6 Å². The van der Waals surface area contributed by atoms with Gasteiger partial charge in [0.2, 0.25) is 5.91 Å². The molecule has 3 heterocycles. The normalized spacial score (nSPS) is 11.5. The number of H-pyrrole nitrogens is 1. The van der Waals surface area contributed by atoms with Crippen molar-refractivity contribution in [2.45, 2.75) is 27.2 Å². The number of carbonyl (C=O) groups excluding carboxylic acids is 1. The lowest BCUT2D eigenvalue weighted by molar-refractivity contribution is -0.120. The molecule has 0 saturated heterocycles. The van der Waals surface area contributed by atoms with Gasteiger partial charge in [0.15, 0.2) is 0 Å². The van der Waals surface area contributed by atoms with Gasteiger partial charge >= 0.3 is 0 Å². The van der Waals surface area contributed by atoms with Gasteiger partial charge in [0, 0.05) is 4.88 Å². The Labute approximate surface area is 190 Å². The van der Waals surface area contributed by atoms with Crippen molar-refractivity contribution >= 4 is 45.3 Å². The number of fused-ring (bicyclic) bond motifs is 1. The maximum absolute atomic E-state index is 13.2. The van der Waals surface area contributed by atoms with Crippen molar-refractivity contribution in [3.05, 3.63) is 73.1 Å². The highest BCUT2D eigenvalue weighted by Crippen LogP contribution is 2.25. The molecular formula is C21H18ClFN6O2S. The highest BCUT2D eigenvalue weighted by atomic mass is 35.5. The predicted molar refractivity (Wildman–Crippen MR) is 122 cm³/mol. The number of nitrogens with one attached hydrogen (secondary N) is 2. The molecule has 164 valence electrons. The number of hydrazone groups is 1. The zero-order valence-corrected chi connectivity index (χ0v) is 18.9. The minimum atomic E-state index is -0.451. The number of thiophene rings is 1. The van der Waals surface area contributed by atoms with Gasteiger partial charge in [-0.05, 0) is 50.6 Å². The average Bonchev–Trinajstić information content (AvgIpc) is 3.18. The van der Waals surface area contributed by atoms with Gasteiger partial charge in [-0.2, -0.15) is 10.2 Å². The number of amides is 1. The number of rotatable bonds is 5. The lowest BCUT2D eigenvalue weighted by atomic mass is 10.2. The van der Waals surface area contributed by atoms with E-state index < -0.39 is 5.91 Å². The summed E-state index contributed by atoms with van der Waals surface area (Å²) in [5.74, 6) is -0.555. The third kappa shape index (κ3) is 4.19. The first-order valence-electron chi connectivity index (χ1n) is 9.56. The molecule has 32 heavy (non-hydrogen) atoms. The van der Waals surface area contributed by atoms with E-state index in [1.54, 1.807) is 19.1 Å². The molecule has 1 amide bonds. The van der Waals surface area contributed by atoms with Crippen molar-refractivity contribution in [1.29, 1.82) is 0 Å². The van der Waals surface area contributed by atoms with E-state index in [9.17, 15) is 14.0 Å². The van der Waals surface area contributed by atoms with Crippen LogP contribution in [-0.2, 0) is 11.2 Å². The summed E-state index contributed by atoms with van der Waals surface area (Å²) in [6, 6.07) is 5.73. The molecule has 0 aliphatic heterocycles. The maximum Gasteiger partial charge on any atom is 0.259 e. The first kappa shape index (κ1) is 21.8. The van der Waals surface area contributed by atoms with Crippen molar-refractivity contribution in [2.24, 2.45) is 5.10 Å². The van der Waals surface area contributed by atoms with Crippen molar-refractivity contribution in [2.75, 3.05) is 0 Å². The molecule has 4 rings (SSSR count). The van der Waals surface area contributed by atoms with Gasteiger partial charge in [-0.1, -0.05) is 11.6 Å². The Balaban J connectivity index is 1.48. The number of halogens is 2. The van der Waals surface area contributed by atoms with Crippen LogP contribution in [0, 0.1) is 26.6 Å². The quantitative estimate of drug-likeness (QED) is 0.342. The van der Waals surface area contributed by atoms with Crippen LogP contribution in [0.15, 0.2) is 34.2 Å². The first-order valence-corrected chi connectivity index (χ1v) is 10.8. The smallest absolute Gasteiger partial charge is 0.259 e. The highest BCUT2D eigenvalue weighted by Gasteiger charge is 2.15. The molecule has 0 bridgehead atoms. The second-order valence-corrected chi connectivity index (χ2v) is 8.69. The zero-order chi connectivity index (χ0) is 23.0. The molecule has 2 N–H and O–H groups in total. The third-order valence-electron chi connectivity index (χ3n) is 4.92. The van der Waals surface area contributed by atoms with E-state index in [1.165, 1.54) is 34.4 Å². The molecular weight excluding hydrogens is 455 g/mol. The van der Waals surface area contributed by atoms with E-state index in [0.29, 0.717) is 27.2 Å². The summed E-state index contributed by atoms with van der Waals surface area (Å²) in [5.41, 5.74) is 4.71. The molecule has 8 nitrogen and oxygen atoms in total. The molecule has 3 aromatic heterocycles. The maximum atomic E-state index is 13.2. The van der Waals surface area contributed by atoms with Gasteiger partial charge in [0.05, 0.1) is 35.0 Å². The molecule has 0 aliphatic carbocycles. The minimum absolute atomic E-state index is 0.139. The molecule has 11 heteroatoms. The molecule has 0 atom stereocenters. The first-order chi connectivity index (χ1) is 15.2. The largest absolute Gasteiger partial charge is 0.309 e. The van der Waals surface area contributed by atoms with Crippen molar-refractivity contribution in [1.82, 2.24) is 25.2 Å². The van der Waals surface area contributed by atoms with E-state index in [2.05, 4.69) is 25.6 Å². The van der Waals surface area contributed by atoms with Crippen LogP contribution in [0.3, 0.4) is 0 Å². The lowest BCUT2D eigenvalue weighted by Gasteiger charge is -2.02. The van der Waals surface area contributed by atoms with Crippen LogP contribution in [0.4, 0.5) is 4.39 Å². The van der Waals surface area contributed by atoms with Gasteiger partial charge < -0.3 is 4.98 Å². The van der Waals surface area contributed by atoms with Crippen LogP contribution in [-0.4, -0.2) is 31.9 Å². The second kappa shape index (κ2) is 8.64. The SMILES string of the molecule is Cc1nn(-c2ccc(F)cc2)c(Cl)c1/C=N/NC(=O)Cc1nc2sc(C)c(C)c2c(=O)[nH]1. The standard InChI is InChI=1S/C21H18ClFN6O2S/c1-10-12(3)32-21-18(10)20(31)25-16(26-21)8-17(30)27-24-9-15-11(2)28-29(19(15)22)14-6-4-13(23)5-7-14/h4-7,9H,8H2,1-3H3,(H,27,30)(H,25,26,31)/b24-9+. The second-order valence-electron chi connectivity index (χ2n) is 7.12. The topological polar surface area (TPSA) is 105 Å². The van der Waals surface area contributed by atoms with Crippen LogP contribution >= 0.6 is 22.9 Å². The van der Waals surface area contributed by atoms with Crippen LogP contribution in [0.5, 0.6) is 0 Å². The Bertz CT molecular complexity index is 1420. The Kier molecular flexibility index (Phi) is 5.90. The molecule has 0 unspecified atom stereocenters. The molecule has 0 radical (unpaired) electrons. The van der Waals surface area contributed by atoms with Crippen molar-refractivity contribution in [3.63, 3.8) is 0 Å². The Morgan fingerprint density at radius 2 is 2.03 bits per heavy atom. The van der Waals surface area contributed by atoms with Crippen molar-refractivity contribution in [3.8, 4) is 5.69 Å². The number of aromatic nitrogens is 4. The summed E-state index contributed by atoms with van der Waals surface area (Å²) < 4.78 is 14.6. The number of carbonyl (C=O) groups is 1. The highest BCUT2D eigenvalue weighted by molar-refractivity contribution is 7.18. The Morgan fingerprint density at radius 1 is 1.31 bits per heavy atom. The number of aryl methyl sites for hydroxylation is 3. The average molecular weight is 473 g/mol. The van der Waals surface area contributed by atoms with E-state index in [-0.39, 0.29) is 28.8 Å². The number of benzene rings is 1. The number of hydrogen-bond donors (Lipinski definition) is 2. The van der Waals surface area contributed by atoms with Crippen LogP contribution in [0.25, 0.3) is 15.9 Å². The molecule has 0 fully saturated rings. The van der Waals surface area contributed by atoms with E-state index in [0.717, 1.165) is 10.4 Å². The fourth-order valence-corrected chi connectivity index (χ4v) is 4.52. The number of hydrogen-bond acceptors (Lipinski definition) is 6. The third-order valence-corrected chi connectivity index (χ3v) is 6.38. The van der Waals surface area contributed by atoms with Gasteiger partial charge in [-0.25, -0.2) is 19.5 Å². The lowest BCUT2D eigenvalue weighted by Crippen LogP contribution is -2.23. The van der Waals surface area contributed by atoms with Gasteiger partial charge in [-0.15, -0.1) is 11.3 Å². The zero-order valence-electron chi connectivity index (χ0n) is 17.4. The summed E-state index contributed by atoms with van der Waals surface area (Å²) in [4.78, 5) is 33.3. The van der Waals surface area contributed by atoms with E-state index >= 15 is 0 Å². The summed E-state index contributed by atoms with van der Waals surface area (Å²) in [7, 11) is 0. The van der Waals surface area contributed by atoms with Gasteiger partial charge in [-0.3, -0.25) is 9.59 Å². The fraction of sp³-hybridized carbons (Fsp3) is 0.190. The Hall–Kier alpha value is -3.37. The molecule has 0 spiro atoms. The minimum Gasteiger partial charge on any atom is -0.309 e. The summed E-state index contributed by atoms with van der Waals surface area (Å²) in [6.45, 7) is 5.54. The van der Waals surface area contributed by atoms with Crippen LogP contribution < -0.4 is 11.0 Å². The fourth-order valence-electron chi connectivity index (χ4n) is 3.15. The number of nitrogens with zero attached hydrogens (tertiary/aromatic N) is 4. The summed E-state index contributed by atoms with van der Waals surface area (Å²) in [6.07, 6.45) is 1.24. The van der Waals surface area contributed by atoms with Crippen LogP contribution in [0.2, 0.25) is 5.15 Å². The van der Waals surface area contributed by atoms with Gasteiger partial charge in [0.1, 0.15) is 21.6 Å².